The first kappa shape index (κ1) is 27.5. The van der Waals surface area contributed by atoms with Crippen LogP contribution >= 0.6 is 11.8 Å². The van der Waals surface area contributed by atoms with E-state index in [4.69, 9.17) is 10.8 Å². The first-order chi connectivity index (χ1) is 18.4. The number of halogens is 2. The molecule has 11 nitrogen and oxygen atoms in total. The molecule has 0 unspecified atom stereocenters. The molecular weight excluding hydrogens is 550 g/mol. The van der Waals surface area contributed by atoms with Crippen molar-refractivity contribution in [1.29, 1.82) is 16.1 Å². The van der Waals surface area contributed by atoms with Crippen molar-refractivity contribution in [3.05, 3.63) is 18.3 Å². The van der Waals surface area contributed by atoms with Crippen LogP contribution in [0, 0.1) is 27.6 Å². The minimum absolute atomic E-state index is 0. The standard InChI is InChI=1S/C24H28F2N8O3S2.H2/c1-23(3-2-4-23)21(35)33-9-7-32(8-10-33)17-11-15(39(36,37)31-24(14-27)5-6-24)12-18-16(17)13-30-34(18)22(29)38-20(28)19(25)26;/h11-13,19,28-29,31H,2-10H2,1H3;1H. The van der Waals surface area contributed by atoms with Crippen molar-refractivity contribution >= 4 is 54.5 Å². The van der Waals surface area contributed by atoms with Gasteiger partial charge in [0.15, 0.2) is 5.17 Å². The fourth-order valence-corrected chi connectivity index (χ4v) is 6.93. The number of anilines is 1. The molecule has 2 aromatic rings. The van der Waals surface area contributed by atoms with E-state index in [1.807, 2.05) is 22.8 Å². The maximum atomic E-state index is 13.3. The second kappa shape index (κ2) is 9.83. The number of piperazine rings is 1. The zero-order chi connectivity index (χ0) is 28.2. The lowest BCUT2D eigenvalue weighted by molar-refractivity contribution is -0.146. The minimum Gasteiger partial charge on any atom is -0.367 e. The van der Waals surface area contributed by atoms with Crippen LogP contribution < -0.4 is 9.62 Å². The number of carbonyl (C=O) groups excluding carboxylic acids is 1. The monoisotopic (exact) mass is 580 g/mol. The van der Waals surface area contributed by atoms with Crippen molar-refractivity contribution in [2.24, 2.45) is 5.41 Å². The van der Waals surface area contributed by atoms with E-state index in [9.17, 15) is 27.3 Å². The topological polar surface area (TPSA) is 159 Å². The molecule has 210 valence electrons. The summed E-state index contributed by atoms with van der Waals surface area (Å²) in [6.07, 6.45) is 1.93. The first-order valence-corrected chi connectivity index (χ1v) is 14.8. The molecule has 2 aliphatic carbocycles. The van der Waals surface area contributed by atoms with Crippen molar-refractivity contribution in [3.8, 4) is 6.07 Å². The highest BCUT2D eigenvalue weighted by molar-refractivity contribution is 8.26. The third kappa shape index (κ3) is 5.12. The molecule has 3 fully saturated rings. The van der Waals surface area contributed by atoms with Crippen LogP contribution in [-0.2, 0) is 14.8 Å². The number of nitrogens with zero attached hydrogens (tertiary/aromatic N) is 5. The van der Waals surface area contributed by atoms with Crippen molar-refractivity contribution < 1.29 is 23.4 Å². The van der Waals surface area contributed by atoms with E-state index in [1.165, 1.54) is 18.3 Å². The van der Waals surface area contributed by atoms with E-state index in [2.05, 4.69) is 9.82 Å². The molecule has 1 saturated heterocycles. The summed E-state index contributed by atoms with van der Waals surface area (Å²) >= 11 is 0.223. The van der Waals surface area contributed by atoms with E-state index in [0.717, 1.165) is 23.9 Å². The van der Waals surface area contributed by atoms with E-state index in [-0.39, 0.29) is 34.9 Å². The van der Waals surface area contributed by atoms with Gasteiger partial charge in [0.25, 0.3) is 6.43 Å². The molecule has 0 spiro atoms. The molecule has 0 atom stereocenters. The number of hydrogen-bond acceptors (Lipinski definition) is 9. The second-order valence-electron chi connectivity index (χ2n) is 10.5. The van der Waals surface area contributed by atoms with Gasteiger partial charge >= 0.3 is 0 Å². The molecule has 2 saturated carbocycles. The lowest BCUT2D eigenvalue weighted by Gasteiger charge is -2.44. The molecule has 1 aromatic carbocycles. The van der Waals surface area contributed by atoms with Crippen molar-refractivity contribution in [1.82, 2.24) is 19.4 Å². The smallest absolute Gasteiger partial charge is 0.286 e. The molecule has 3 N–H and O–H groups in total. The number of carbonyl (C=O) groups is 1. The molecule has 39 heavy (non-hydrogen) atoms. The number of hydrogen-bond donors (Lipinski definition) is 3. The summed E-state index contributed by atoms with van der Waals surface area (Å²) in [7, 11) is -4.16. The number of sulfonamides is 1. The summed E-state index contributed by atoms with van der Waals surface area (Å²) in [5.41, 5.74) is -0.786. The van der Waals surface area contributed by atoms with Crippen LogP contribution in [0.1, 0.15) is 40.5 Å². The Hall–Kier alpha value is -3.09. The van der Waals surface area contributed by atoms with Gasteiger partial charge in [0.2, 0.25) is 15.9 Å². The van der Waals surface area contributed by atoms with Gasteiger partial charge in [0.1, 0.15) is 10.6 Å². The van der Waals surface area contributed by atoms with Crippen LogP contribution in [0.5, 0.6) is 0 Å². The predicted molar refractivity (Wildman–Crippen MR) is 145 cm³/mol. The van der Waals surface area contributed by atoms with Crippen molar-refractivity contribution in [3.63, 3.8) is 0 Å². The Morgan fingerprint density at radius 2 is 1.87 bits per heavy atom. The lowest BCUT2D eigenvalue weighted by Crippen LogP contribution is -2.54. The number of nitriles is 1. The molecule has 5 rings (SSSR count). The highest BCUT2D eigenvalue weighted by atomic mass is 32.2. The fraction of sp³-hybridized carbons (Fsp3) is 0.542. The maximum absolute atomic E-state index is 13.3. The third-order valence-corrected chi connectivity index (χ3v) is 10.0. The fourth-order valence-electron chi connectivity index (χ4n) is 4.98. The van der Waals surface area contributed by atoms with Gasteiger partial charge in [-0.2, -0.15) is 15.1 Å². The summed E-state index contributed by atoms with van der Waals surface area (Å²) in [5, 5.41) is 28.2. The Labute approximate surface area is 230 Å². The lowest BCUT2D eigenvalue weighted by atomic mass is 9.69. The van der Waals surface area contributed by atoms with Gasteiger partial charge in [-0.3, -0.25) is 15.6 Å². The Bertz CT molecular complexity index is 1510. The highest BCUT2D eigenvalue weighted by Gasteiger charge is 2.47. The third-order valence-electron chi connectivity index (χ3n) is 7.72. The largest absolute Gasteiger partial charge is 0.367 e. The molecule has 3 aliphatic rings. The quantitative estimate of drug-likeness (QED) is 0.349. The Morgan fingerprint density at radius 3 is 2.41 bits per heavy atom. The van der Waals surface area contributed by atoms with Crippen molar-refractivity contribution in [2.45, 2.75) is 55.9 Å². The number of fused-ring (bicyclic) bond motifs is 1. The van der Waals surface area contributed by atoms with Crippen molar-refractivity contribution in [2.75, 3.05) is 31.1 Å². The molecular formula is C24H30F2N8O3S2. The van der Waals surface area contributed by atoms with Crippen LogP contribution in [0.2, 0.25) is 0 Å². The molecule has 15 heteroatoms. The summed E-state index contributed by atoms with van der Waals surface area (Å²) < 4.78 is 56.0. The average molecular weight is 581 g/mol. The molecule has 0 bridgehead atoms. The van der Waals surface area contributed by atoms with E-state index in [0.29, 0.717) is 50.1 Å². The summed E-state index contributed by atoms with van der Waals surface area (Å²) in [4.78, 5) is 16.6. The van der Waals surface area contributed by atoms with E-state index in [1.54, 1.807) is 0 Å². The van der Waals surface area contributed by atoms with Gasteiger partial charge in [-0.25, -0.2) is 21.9 Å². The van der Waals surface area contributed by atoms with Gasteiger partial charge in [0.05, 0.1) is 22.7 Å². The first-order valence-electron chi connectivity index (χ1n) is 12.5. The number of alkyl halides is 2. The SMILES string of the molecule is CC1(C(=O)N2CCN(c3cc(S(=O)(=O)NC4(C#N)CC4)cc4c3cnn4C(=N)SC(=N)C(F)F)CC2)CCC1.[HH]. The van der Waals surface area contributed by atoms with Crippen LogP contribution in [0.3, 0.4) is 0 Å². The second-order valence-corrected chi connectivity index (χ2v) is 13.2. The molecule has 1 aliphatic heterocycles. The van der Waals surface area contributed by atoms with Gasteiger partial charge in [-0.05, 0) is 49.6 Å². The molecule has 0 radical (unpaired) electrons. The Kier molecular flexibility index (Phi) is 6.92. The average Bonchev–Trinajstić information content (AvgIpc) is 3.52. The Balaban J connectivity index is 0.00000370. The van der Waals surface area contributed by atoms with Crippen LogP contribution in [0.25, 0.3) is 10.9 Å². The number of thioether (sulfide) groups is 1. The summed E-state index contributed by atoms with van der Waals surface area (Å²) in [6.45, 7) is 3.76. The van der Waals surface area contributed by atoms with E-state index < -0.39 is 32.2 Å². The molecule has 2 heterocycles. The number of benzene rings is 1. The summed E-state index contributed by atoms with van der Waals surface area (Å²) in [5.74, 6) is 0.130. The van der Waals surface area contributed by atoms with Crippen LogP contribution in [0.4, 0.5) is 14.5 Å². The maximum Gasteiger partial charge on any atom is 0.286 e. The number of rotatable bonds is 6. The van der Waals surface area contributed by atoms with Crippen LogP contribution in [-0.4, -0.2) is 77.4 Å². The van der Waals surface area contributed by atoms with Gasteiger partial charge in [-0.15, -0.1) is 0 Å². The zero-order valence-corrected chi connectivity index (χ0v) is 22.8. The normalized spacial score (nSPS) is 20.0. The predicted octanol–water partition coefficient (Wildman–Crippen LogP) is 3.21. The number of amides is 1. The zero-order valence-electron chi connectivity index (χ0n) is 21.2. The van der Waals surface area contributed by atoms with Gasteiger partial charge in [0, 0.05) is 44.1 Å². The van der Waals surface area contributed by atoms with E-state index >= 15 is 0 Å². The van der Waals surface area contributed by atoms with Gasteiger partial charge in [-0.1, -0.05) is 13.3 Å². The molecule has 1 amide bonds. The minimum atomic E-state index is -4.16. The summed E-state index contributed by atoms with van der Waals surface area (Å²) in [6, 6.07) is 4.77. The van der Waals surface area contributed by atoms with Gasteiger partial charge < -0.3 is 9.80 Å². The number of aromatic nitrogens is 2. The molecule has 1 aromatic heterocycles. The Morgan fingerprint density at radius 1 is 1.21 bits per heavy atom. The number of nitrogens with one attached hydrogen (secondary N) is 3. The highest BCUT2D eigenvalue weighted by Crippen LogP contribution is 2.42. The van der Waals surface area contributed by atoms with Crippen LogP contribution in [0.15, 0.2) is 23.2 Å².